The zero-order valence-electron chi connectivity index (χ0n) is 10.7. The van der Waals surface area contributed by atoms with Crippen molar-refractivity contribution in [1.82, 2.24) is 4.90 Å². The van der Waals surface area contributed by atoms with Gasteiger partial charge < -0.3 is 10.0 Å². The third-order valence-electron chi connectivity index (χ3n) is 3.21. The lowest BCUT2D eigenvalue weighted by Gasteiger charge is -2.31. The van der Waals surface area contributed by atoms with Crippen molar-refractivity contribution in [3.8, 4) is 0 Å². The van der Waals surface area contributed by atoms with E-state index in [-0.39, 0.29) is 11.7 Å². The molecule has 1 aliphatic rings. The van der Waals surface area contributed by atoms with Gasteiger partial charge in [0.15, 0.2) is 0 Å². The molecule has 0 atom stereocenters. The van der Waals surface area contributed by atoms with Crippen molar-refractivity contribution in [1.29, 1.82) is 0 Å². The molecule has 1 saturated heterocycles. The number of piperidine rings is 1. The van der Waals surface area contributed by atoms with Gasteiger partial charge in [-0.25, -0.2) is 0 Å². The second-order valence-electron chi connectivity index (χ2n) is 5.17. The first-order chi connectivity index (χ1) is 7.83. The summed E-state index contributed by atoms with van der Waals surface area (Å²) in [5, 5.41) is 8.95. The zero-order chi connectivity index (χ0) is 13.1. The first kappa shape index (κ1) is 14.4. The maximum Gasteiger partial charge on any atom is 0.319 e. The van der Waals surface area contributed by atoms with E-state index in [9.17, 15) is 9.59 Å². The summed E-state index contributed by atoms with van der Waals surface area (Å²) in [5.41, 5.74) is 0. The first-order valence-corrected chi connectivity index (χ1v) is 6.96. The van der Waals surface area contributed by atoms with Crippen LogP contribution in [0.4, 0.5) is 0 Å². The molecule has 5 heteroatoms. The monoisotopic (exact) mass is 259 g/mol. The highest BCUT2D eigenvalue weighted by Gasteiger charge is 2.30. The molecule has 0 radical (unpaired) electrons. The minimum absolute atomic E-state index is 0.0659. The number of carbonyl (C=O) groups excluding carboxylic acids is 1. The van der Waals surface area contributed by atoms with Crippen LogP contribution in [0.15, 0.2) is 0 Å². The number of nitrogens with zero attached hydrogens (tertiary/aromatic N) is 1. The molecule has 0 aromatic carbocycles. The fourth-order valence-electron chi connectivity index (χ4n) is 1.65. The van der Waals surface area contributed by atoms with Crippen LogP contribution in [0, 0.1) is 5.92 Å². The van der Waals surface area contributed by atoms with Gasteiger partial charge in [-0.3, -0.25) is 9.59 Å². The lowest BCUT2D eigenvalue weighted by molar-refractivity contribution is -0.138. The minimum Gasteiger partial charge on any atom is -0.480 e. The topological polar surface area (TPSA) is 57.6 Å². The smallest absolute Gasteiger partial charge is 0.319 e. The summed E-state index contributed by atoms with van der Waals surface area (Å²) in [6.07, 6.45) is 2.11. The molecule has 1 aliphatic heterocycles. The van der Waals surface area contributed by atoms with Crippen LogP contribution in [0.5, 0.6) is 0 Å². The molecule has 0 bridgehead atoms. The molecule has 1 N–H and O–H groups in total. The molecular formula is C12H21NO3S. The van der Waals surface area contributed by atoms with Crippen molar-refractivity contribution >= 4 is 23.6 Å². The molecule has 0 saturated carbocycles. The van der Waals surface area contributed by atoms with E-state index in [1.807, 2.05) is 4.90 Å². The number of aliphatic carboxylic acids is 1. The van der Waals surface area contributed by atoms with Crippen molar-refractivity contribution in [2.45, 2.75) is 38.4 Å². The average molecular weight is 259 g/mol. The van der Waals surface area contributed by atoms with E-state index >= 15 is 0 Å². The standard InChI is InChI=1S/C12H21NO3S/c1-9-4-6-13(7-5-9)10(14)8-17-12(2,3)11(15)16/h9H,4-8H2,1-3H3,(H,15,16). The molecule has 0 spiro atoms. The van der Waals surface area contributed by atoms with Gasteiger partial charge in [0.05, 0.1) is 5.75 Å². The van der Waals surface area contributed by atoms with E-state index in [1.165, 1.54) is 11.8 Å². The van der Waals surface area contributed by atoms with Gasteiger partial charge in [-0.05, 0) is 32.6 Å². The Morgan fingerprint density at radius 3 is 2.35 bits per heavy atom. The number of carboxylic acid groups (broad SMARTS) is 1. The van der Waals surface area contributed by atoms with Gasteiger partial charge in [-0.2, -0.15) is 0 Å². The fourth-order valence-corrected chi connectivity index (χ4v) is 2.44. The predicted octanol–water partition coefficient (Wildman–Crippen LogP) is 1.84. The highest BCUT2D eigenvalue weighted by molar-refractivity contribution is 8.01. The van der Waals surface area contributed by atoms with Crippen molar-refractivity contribution in [3.63, 3.8) is 0 Å². The second-order valence-corrected chi connectivity index (χ2v) is 6.77. The summed E-state index contributed by atoms with van der Waals surface area (Å²) in [6.45, 7) is 7.09. The highest BCUT2D eigenvalue weighted by atomic mass is 32.2. The summed E-state index contributed by atoms with van der Waals surface area (Å²) in [4.78, 5) is 24.6. The number of likely N-dealkylation sites (tertiary alicyclic amines) is 1. The number of hydrogen-bond donors (Lipinski definition) is 1. The summed E-state index contributed by atoms with van der Waals surface area (Å²) in [7, 11) is 0. The Hall–Kier alpha value is -0.710. The number of carbonyl (C=O) groups is 2. The molecule has 1 fully saturated rings. The van der Waals surface area contributed by atoms with Crippen LogP contribution in [0.25, 0.3) is 0 Å². The third kappa shape index (κ3) is 4.22. The Kier molecular flexibility index (Phi) is 4.86. The molecular weight excluding hydrogens is 238 g/mol. The fraction of sp³-hybridized carbons (Fsp3) is 0.833. The van der Waals surface area contributed by atoms with Crippen LogP contribution < -0.4 is 0 Å². The van der Waals surface area contributed by atoms with Crippen molar-refractivity contribution < 1.29 is 14.7 Å². The number of carboxylic acids is 1. The predicted molar refractivity (Wildman–Crippen MR) is 69.2 cm³/mol. The van der Waals surface area contributed by atoms with Crippen LogP contribution in [0.3, 0.4) is 0 Å². The molecule has 0 unspecified atom stereocenters. The van der Waals surface area contributed by atoms with Gasteiger partial charge >= 0.3 is 5.97 Å². The Morgan fingerprint density at radius 1 is 1.35 bits per heavy atom. The molecule has 0 aromatic rings. The van der Waals surface area contributed by atoms with Crippen LogP contribution in [-0.2, 0) is 9.59 Å². The van der Waals surface area contributed by atoms with Gasteiger partial charge in [0.1, 0.15) is 4.75 Å². The summed E-state index contributed by atoms with van der Waals surface area (Å²) in [5.74, 6) is 0.147. The van der Waals surface area contributed by atoms with E-state index in [1.54, 1.807) is 13.8 Å². The Labute approximate surface area is 107 Å². The van der Waals surface area contributed by atoms with Gasteiger partial charge in [-0.1, -0.05) is 6.92 Å². The number of rotatable bonds is 4. The van der Waals surface area contributed by atoms with Gasteiger partial charge in [0.25, 0.3) is 0 Å². The molecule has 17 heavy (non-hydrogen) atoms. The van der Waals surface area contributed by atoms with Crippen LogP contribution in [0.2, 0.25) is 0 Å². The van der Waals surface area contributed by atoms with Crippen molar-refractivity contribution in [2.24, 2.45) is 5.92 Å². The maximum absolute atomic E-state index is 11.9. The van der Waals surface area contributed by atoms with E-state index in [4.69, 9.17) is 5.11 Å². The largest absolute Gasteiger partial charge is 0.480 e. The maximum atomic E-state index is 11.9. The summed E-state index contributed by atoms with van der Waals surface area (Å²) < 4.78 is -0.890. The summed E-state index contributed by atoms with van der Waals surface area (Å²) in [6, 6.07) is 0. The molecule has 1 rings (SSSR count). The van der Waals surface area contributed by atoms with Crippen LogP contribution in [0.1, 0.15) is 33.6 Å². The van der Waals surface area contributed by atoms with Crippen LogP contribution >= 0.6 is 11.8 Å². The average Bonchev–Trinajstić information content (AvgIpc) is 2.27. The number of amides is 1. The van der Waals surface area contributed by atoms with Crippen LogP contribution in [-0.4, -0.2) is 45.5 Å². The lowest BCUT2D eigenvalue weighted by Crippen LogP contribution is -2.40. The van der Waals surface area contributed by atoms with Gasteiger partial charge in [0, 0.05) is 13.1 Å². The SMILES string of the molecule is CC1CCN(C(=O)CSC(C)(C)C(=O)O)CC1. The third-order valence-corrected chi connectivity index (χ3v) is 4.50. The Balaban J connectivity index is 2.37. The van der Waals surface area contributed by atoms with E-state index in [0.29, 0.717) is 5.92 Å². The van der Waals surface area contributed by atoms with Gasteiger partial charge in [-0.15, -0.1) is 11.8 Å². The summed E-state index contributed by atoms with van der Waals surface area (Å²) >= 11 is 1.20. The van der Waals surface area contributed by atoms with E-state index < -0.39 is 10.7 Å². The molecule has 1 heterocycles. The molecule has 0 aromatic heterocycles. The second kappa shape index (κ2) is 5.76. The molecule has 0 aliphatic carbocycles. The number of hydrogen-bond acceptors (Lipinski definition) is 3. The Bertz CT molecular complexity index is 296. The van der Waals surface area contributed by atoms with E-state index in [2.05, 4.69) is 6.92 Å². The zero-order valence-corrected chi connectivity index (χ0v) is 11.5. The Morgan fingerprint density at radius 2 is 1.88 bits per heavy atom. The normalized spacial score (nSPS) is 18.2. The van der Waals surface area contributed by atoms with Crippen molar-refractivity contribution in [3.05, 3.63) is 0 Å². The van der Waals surface area contributed by atoms with E-state index in [0.717, 1.165) is 25.9 Å². The number of thioether (sulfide) groups is 1. The van der Waals surface area contributed by atoms with Crippen molar-refractivity contribution in [2.75, 3.05) is 18.8 Å². The minimum atomic E-state index is -0.890. The highest BCUT2D eigenvalue weighted by Crippen LogP contribution is 2.25. The molecule has 98 valence electrons. The molecule has 1 amide bonds. The first-order valence-electron chi connectivity index (χ1n) is 5.98. The quantitative estimate of drug-likeness (QED) is 0.837. The van der Waals surface area contributed by atoms with Gasteiger partial charge in [0.2, 0.25) is 5.91 Å². The molecule has 4 nitrogen and oxygen atoms in total. The lowest BCUT2D eigenvalue weighted by atomic mass is 9.99.